The van der Waals surface area contributed by atoms with Gasteiger partial charge in [-0.25, -0.2) is 0 Å². The normalized spacial score (nSPS) is 43.1. The Balaban J connectivity index is 2.12. The van der Waals surface area contributed by atoms with Crippen LogP contribution in [-0.2, 0) is 0 Å². The zero-order valence-electron chi connectivity index (χ0n) is 10.7. The fraction of sp³-hybridized carbons (Fsp3) is 1.00. The van der Waals surface area contributed by atoms with Gasteiger partial charge < -0.3 is 15.3 Å². The van der Waals surface area contributed by atoms with Crippen molar-refractivity contribution in [1.82, 2.24) is 9.80 Å². The molecule has 0 aromatic carbocycles. The van der Waals surface area contributed by atoms with Gasteiger partial charge in [0.15, 0.2) is 0 Å². The molecule has 0 spiro atoms. The van der Waals surface area contributed by atoms with E-state index in [1.165, 1.54) is 0 Å². The van der Waals surface area contributed by atoms with Crippen molar-refractivity contribution in [2.24, 2.45) is 0 Å². The number of likely N-dealkylation sites (N-methyl/N-ethyl adjacent to an activating group) is 1. The van der Waals surface area contributed by atoms with E-state index in [-0.39, 0.29) is 12.1 Å². The van der Waals surface area contributed by atoms with Gasteiger partial charge >= 0.3 is 0 Å². The Kier molecular flexibility index (Phi) is 4.05. The van der Waals surface area contributed by atoms with Crippen molar-refractivity contribution in [2.75, 3.05) is 26.2 Å². The topological polar surface area (TPSA) is 67.2 Å². The molecule has 100 valence electrons. The first kappa shape index (κ1) is 13.2. The Labute approximate surface area is 103 Å². The summed E-state index contributed by atoms with van der Waals surface area (Å²) in [6.07, 6.45) is -1.41. The van der Waals surface area contributed by atoms with Gasteiger partial charge in [0.25, 0.3) is 0 Å². The summed E-state index contributed by atoms with van der Waals surface area (Å²) in [4.78, 5) is 4.29. The van der Waals surface area contributed by atoms with E-state index in [9.17, 15) is 15.3 Å². The van der Waals surface area contributed by atoms with Gasteiger partial charge in [0.1, 0.15) is 0 Å². The minimum Gasteiger partial charge on any atom is -0.391 e. The number of nitrogens with zero attached hydrogens (tertiary/aromatic N) is 2. The lowest BCUT2D eigenvalue weighted by Gasteiger charge is -2.46. The molecule has 0 aromatic rings. The predicted molar refractivity (Wildman–Crippen MR) is 64.7 cm³/mol. The zero-order chi connectivity index (χ0) is 12.6. The van der Waals surface area contributed by atoms with Crippen LogP contribution in [-0.4, -0.2) is 81.7 Å². The van der Waals surface area contributed by atoms with E-state index in [0.29, 0.717) is 6.42 Å². The van der Waals surface area contributed by atoms with Crippen LogP contribution >= 0.6 is 0 Å². The minimum absolute atomic E-state index is 0.0263. The van der Waals surface area contributed by atoms with E-state index >= 15 is 0 Å². The monoisotopic (exact) mass is 244 g/mol. The van der Waals surface area contributed by atoms with Crippen LogP contribution < -0.4 is 0 Å². The number of hydrogen-bond acceptors (Lipinski definition) is 5. The van der Waals surface area contributed by atoms with Crippen LogP contribution in [0.25, 0.3) is 0 Å². The van der Waals surface area contributed by atoms with Gasteiger partial charge in [0, 0.05) is 13.1 Å². The van der Waals surface area contributed by atoms with Gasteiger partial charge in [-0.2, -0.15) is 0 Å². The van der Waals surface area contributed by atoms with Gasteiger partial charge in [-0.15, -0.1) is 0 Å². The first-order chi connectivity index (χ1) is 8.10. The smallest absolute Gasteiger partial charge is 0.0994 e. The van der Waals surface area contributed by atoms with Crippen molar-refractivity contribution in [2.45, 2.75) is 50.7 Å². The Morgan fingerprint density at radius 2 is 1.76 bits per heavy atom. The second-order valence-corrected chi connectivity index (χ2v) is 5.11. The van der Waals surface area contributed by atoms with Gasteiger partial charge in [0.05, 0.1) is 30.4 Å². The van der Waals surface area contributed by atoms with Crippen molar-refractivity contribution in [3.63, 3.8) is 0 Å². The molecule has 0 aromatic heterocycles. The summed E-state index contributed by atoms with van der Waals surface area (Å²) in [5, 5.41) is 30.2. The fourth-order valence-corrected chi connectivity index (χ4v) is 3.32. The molecule has 3 N–H and O–H groups in total. The molecule has 2 fully saturated rings. The van der Waals surface area contributed by atoms with E-state index in [2.05, 4.69) is 23.6 Å². The molecule has 0 saturated carbocycles. The molecular formula is C12H24N2O3. The van der Waals surface area contributed by atoms with E-state index in [4.69, 9.17) is 0 Å². The fourth-order valence-electron chi connectivity index (χ4n) is 3.32. The minimum atomic E-state index is -0.841. The molecule has 2 aliphatic heterocycles. The largest absolute Gasteiger partial charge is 0.391 e. The molecule has 5 atom stereocenters. The molecule has 0 amide bonds. The number of fused-ring (bicyclic) bond motifs is 1. The highest BCUT2D eigenvalue weighted by Gasteiger charge is 2.48. The highest BCUT2D eigenvalue weighted by molar-refractivity contribution is 5.04. The van der Waals surface area contributed by atoms with Crippen molar-refractivity contribution in [1.29, 1.82) is 0 Å². The zero-order valence-corrected chi connectivity index (χ0v) is 10.7. The summed E-state index contributed by atoms with van der Waals surface area (Å²) in [5.74, 6) is 0. The van der Waals surface area contributed by atoms with Gasteiger partial charge in [0.2, 0.25) is 0 Å². The molecule has 0 aliphatic carbocycles. The molecule has 5 nitrogen and oxygen atoms in total. The SMILES string of the molecule is CCN(CC)C1CN2CCC(O)C2C(O)C1O. The first-order valence-electron chi connectivity index (χ1n) is 6.62. The number of piperidine rings is 1. The summed E-state index contributed by atoms with van der Waals surface area (Å²) in [6, 6.07) is -0.307. The van der Waals surface area contributed by atoms with Gasteiger partial charge in [-0.1, -0.05) is 13.8 Å². The van der Waals surface area contributed by atoms with Crippen LogP contribution in [0, 0.1) is 0 Å². The van der Waals surface area contributed by atoms with Crippen LogP contribution in [0.2, 0.25) is 0 Å². The maximum Gasteiger partial charge on any atom is 0.0994 e. The maximum absolute atomic E-state index is 10.2. The number of rotatable bonds is 3. The summed E-state index contributed by atoms with van der Waals surface area (Å²) >= 11 is 0. The lowest BCUT2D eigenvalue weighted by Crippen LogP contribution is -2.65. The van der Waals surface area contributed by atoms with Crippen LogP contribution in [0.1, 0.15) is 20.3 Å². The highest BCUT2D eigenvalue weighted by Crippen LogP contribution is 2.30. The molecule has 5 heteroatoms. The molecule has 5 unspecified atom stereocenters. The summed E-state index contributed by atoms with van der Waals surface area (Å²) in [5.41, 5.74) is 0. The standard InChI is InChI=1S/C12H24N2O3/c1-3-13(4-2)8-7-14-6-5-9(15)10(14)12(17)11(8)16/h8-12,15-17H,3-7H2,1-2H3. The number of hydrogen-bond donors (Lipinski definition) is 3. The van der Waals surface area contributed by atoms with Crippen LogP contribution in [0.4, 0.5) is 0 Å². The van der Waals surface area contributed by atoms with E-state index < -0.39 is 18.3 Å². The summed E-state index contributed by atoms with van der Waals surface area (Å²) < 4.78 is 0. The highest BCUT2D eigenvalue weighted by atomic mass is 16.3. The molecule has 2 rings (SSSR count). The van der Waals surface area contributed by atoms with Crippen LogP contribution in [0.5, 0.6) is 0 Å². The first-order valence-corrected chi connectivity index (χ1v) is 6.62. The van der Waals surface area contributed by atoms with Crippen molar-refractivity contribution in [3.05, 3.63) is 0 Å². The Hall–Kier alpha value is -0.200. The second kappa shape index (κ2) is 5.20. The van der Waals surface area contributed by atoms with Gasteiger partial charge in [-0.3, -0.25) is 9.80 Å². The van der Waals surface area contributed by atoms with E-state index in [0.717, 1.165) is 26.2 Å². The molecule has 0 bridgehead atoms. The van der Waals surface area contributed by atoms with E-state index in [1.54, 1.807) is 0 Å². The van der Waals surface area contributed by atoms with Crippen LogP contribution in [0.15, 0.2) is 0 Å². The Morgan fingerprint density at radius 3 is 2.35 bits per heavy atom. The van der Waals surface area contributed by atoms with Gasteiger partial charge in [-0.05, 0) is 19.5 Å². The average molecular weight is 244 g/mol. The molecular weight excluding hydrogens is 220 g/mol. The van der Waals surface area contributed by atoms with Crippen molar-refractivity contribution < 1.29 is 15.3 Å². The molecule has 2 heterocycles. The van der Waals surface area contributed by atoms with E-state index in [1.807, 2.05) is 0 Å². The Bertz CT molecular complexity index is 260. The third-order valence-corrected chi connectivity index (χ3v) is 4.32. The molecule has 0 radical (unpaired) electrons. The number of aliphatic hydroxyl groups is 3. The predicted octanol–water partition coefficient (Wildman–Crippen LogP) is -1.13. The lowest BCUT2D eigenvalue weighted by atomic mass is 9.90. The lowest BCUT2D eigenvalue weighted by molar-refractivity contribution is -0.124. The number of aliphatic hydroxyl groups excluding tert-OH is 3. The molecule has 2 aliphatic rings. The maximum atomic E-state index is 10.2. The second-order valence-electron chi connectivity index (χ2n) is 5.11. The average Bonchev–Trinajstić information content (AvgIpc) is 2.68. The van der Waals surface area contributed by atoms with Crippen LogP contribution in [0.3, 0.4) is 0 Å². The third-order valence-electron chi connectivity index (χ3n) is 4.32. The summed E-state index contributed by atoms with van der Waals surface area (Å²) in [6.45, 7) is 7.41. The van der Waals surface area contributed by atoms with Crippen molar-refractivity contribution >= 4 is 0 Å². The third kappa shape index (κ3) is 2.22. The van der Waals surface area contributed by atoms with Crippen molar-refractivity contribution in [3.8, 4) is 0 Å². The quantitative estimate of drug-likeness (QED) is 0.586. The molecule has 2 saturated heterocycles. The Morgan fingerprint density at radius 1 is 1.12 bits per heavy atom. The molecule has 17 heavy (non-hydrogen) atoms. The summed E-state index contributed by atoms with van der Waals surface area (Å²) in [7, 11) is 0.